The van der Waals surface area contributed by atoms with E-state index in [9.17, 15) is 18.0 Å². The van der Waals surface area contributed by atoms with Crippen molar-refractivity contribution in [1.29, 1.82) is 0 Å². The van der Waals surface area contributed by atoms with Crippen molar-refractivity contribution in [3.63, 3.8) is 0 Å². The van der Waals surface area contributed by atoms with Gasteiger partial charge in [0.1, 0.15) is 10.6 Å². The Bertz CT molecular complexity index is 810. The molecular formula is C18H24N2O5S. The van der Waals surface area contributed by atoms with Crippen molar-refractivity contribution in [1.82, 2.24) is 4.31 Å². The van der Waals surface area contributed by atoms with Gasteiger partial charge in [-0.05, 0) is 36.5 Å². The third-order valence-electron chi connectivity index (χ3n) is 4.91. The molecule has 7 nitrogen and oxygen atoms in total. The lowest BCUT2D eigenvalue weighted by Crippen LogP contribution is -2.42. The van der Waals surface area contributed by atoms with Crippen LogP contribution in [-0.4, -0.2) is 44.7 Å². The third kappa shape index (κ3) is 3.35. The molecule has 3 rings (SSSR count). The number of imide groups is 1. The molecule has 26 heavy (non-hydrogen) atoms. The largest absolute Gasteiger partial charge is 0.495 e. The lowest BCUT2D eigenvalue weighted by molar-refractivity contribution is -0.121. The quantitative estimate of drug-likeness (QED) is 0.746. The van der Waals surface area contributed by atoms with Gasteiger partial charge in [0.25, 0.3) is 0 Å². The Morgan fingerprint density at radius 3 is 2.15 bits per heavy atom. The van der Waals surface area contributed by atoms with Crippen LogP contribution in [0, 0.1) is 11.8 Å². The molecular weight excluding hydrogens is 356 g/mol. The number of benzene rings is 1. The Balaban J connectivity index is 2.03. The molecule has 0 spiro atoms. The van der Waals surface area contributed by atoms with Crippen LogP contribution in [0.5, 0.6) is 5.75 Å². The minimum absolute atomic E-state index is 0.00806. The fraction of sp³-hybridized carbons (Fsp3) is 0.556. The molecule has 1 aromatic rings. The van der Waals surface area contributed by atoms with E-state index in [4.69, 9.17) is 4.74 Å². The van der Waals surface area contributed by atoms with Crippen LogP contribution in [0.1, 0.15) is 33.1 Å². The zero-order chi connectivity index (χ0) is 19.1. The monoisotopic (exact) mass is 380 g/mol. The summed E-state index contributed by atoms with van der Waals surface area (Å²) in [5.74, 6) is 0.111. The minimum Gasteiger partial charge on any atom is -0.495 e. The first-order valence-corrected chi connectivity index (χ1v) is 10.2. The molecule has 8 heteroatoms. The highest BCUT2D eigenvalue weighted by Crippen LogP contribution is 2.35. The lowest BCUT2D eigenvalue weighted by Gasteiger charge is -2.34. The molecule has 2 aliphatic heterocycles. The molecule has 0 unspecified atom stereocenters. The van der Waals surface area contributed by atoms with Crippen LogP contribution in [0.4, 0.5) is 5.69 Å². The van der Waals surface area contributed by atoms with Crippen LogP contribution in [0.2, 0.25) is 0 Å². The summed E-state index contributed by atoms with van der Waals surface area (Å²) in [6.07, 6.45) is 1.28. The number of nitrogens with zero attached hydrogens (tertiary/aromatic N) is 2. The number of methoxy groups -OCH3 is 1. The van der Waals surface area contributed by atoms with Crippen LogP contribution < -0.4 is 9.64 Å². The molecule has 142 valence electrons. The summed E-state index contributed by atoms with van der Waals surface area (Å²) >= 11 is 0. The number of sulfonamides is 1. The smallest absolute Gasteiger partial charge is 0.246 e. The Labute approximate surface area is 154 Å². The predicted molar refractivity (Wildman–Crippen MR) is 96.4 cm³/mol. The van der Waals surface area contributed by atoms with E-state index >= 15 is 0 Å². The van der Waals surface area contributed by atoms with Gasteiger partial charge in [-0.2, -0.15) is 4.31 Å². The Kier molecular flexibility index (Phi) is 5.07. The average Bonchev–Trinajstić information content (AvgIpc) is 2.92. The van der Waals surface area contributed by atoms with Crippen molar-refractivity contribution in [3.8, 4) is 5.75 Å². The van der Waals surface area contributed by atoms with E-state index in [1.165, 1.54) is 23.5 Å². The molecule has 2 heterocycles. The maximum absolute atomic E-state index is 13.2. The number of hydrogen-bond donors (Lipinski definition) is 0. The number of amides is 2. The molecule has 0 aromatic heterocycles. The van der Waals surface area contributed by atoms with E-state index in [1.807, 2.05) is 13.8 Å². The van der Waals surface area contributed by atoms with Gasteiger partial charge in [-0.1, -0.05) is 13.8 Å². The molecule has 2 aliphatic rings. The summed E-state index contributed by atoms with van der Waals surface area (Å²) in [4.78, 5) is 25.1. The fourth-order valence-electron chi connectivity index (χ4n) is 3.81. The minimum atomic E-state index is -3.80. The van der Waals surface area contributed by atoms with Crippen LogP contribution >= 0.6 is 0 Å². The van der Waals surface area contributed by atoms with Crippen LogP contribution in [0.3, 0.4) is 0 Å². The maximum Gasteiger partial charge on any atom is 0.246 e. The summed E-state index contributed by atoms with van der Waals surface area (Å²) in [6.45, 7) is 4.96. The van der Waals surface area contributed by atoms with E-state index in [1.54, 1.807) is 6.07 Å². The normalized spacial score (nSPS) is 25.0. The second-order valence-corrected chi connectivity index (χ2v) is 9.13. The topological polar surface area (TPSA) is 84.0 Å². The third-order valence-corrected chi connectivity index (χ3v) is 6.76. The van der Waals surface area contributed by atoms with Crippen molar-refractivity contribution in [3.05, 3.63) is 18.2 Å². The number of rotatable bonds is 4. The van der Waals surface area contributed by atoms with Crippen molar-refractivity contribution < 1.29 is 22.7 Å². The van der Waals surface area contributed by atoms with Crippen molar-refractivity contribution in [2.45, 2.75) is 38.0 Å². The first-order chi connectivity index (χ1) is 12.2. The molecule has 1 aromatic carbocycles. The van der Waals surface area contributed by atoms with Gasteiger partial charge in [0.15, 0.2) is 0 Å². The SMILES string of the molecule is COc1ccc(N2C(=O)CCC2=O)cc1S(=O)(=O)N1C[C@H](C)C[C@H](C)C1. The summed E-state index contributed by atoms with van der Waals surface area (Å²) in [5, 5.41) is 0. The Hall–Kier alpha value is -1.93. The molecule has 0 bridgehead atoms. The van der Waals surface area contributed by atoms with Crippen molar-refractivity contribution in [2.75, 3.05) is 25.1 Å². The summed E-state index contributed by atoms with van der Waals surface area (Å²) in [5.41, 5.74) is 0.273. The van der Waals surface area contributed by atoms with E-state index in [2.05, 4.69) is 0 Å². The highest BCUT2D eigenvalue weighted by molar-refractivity contribution is 7.89. The van der Waals surface area contributed by atoms with Crippen LogP contribution in [0.25, 0.3) is 0 Å². The molecule has 2 fully saturated rings. The number of carbonyl (C=O) groups is 2. The Morgan fingerprint density at radius 1 is 1.04 bits per heavy atom. The van der Waals surface area contributed by atoms with Gasteiger partial charge in [0.05, 0.1) is 12.8 Å². The maximum atomic E-state index is 13.2. The molecule has 0 saturated carbocycles. The molecule has 0 radical (unpaired) electrons. The van der Waals surface area contributed by atoms with Gasteiger partial charge in [-0.25, -0.2) is 8.42 Å². The molecule has 0 N–H and O–H groups in total. The standard InChI is InChI=1S/C18H24N2O5S/c1-12-8-13(2)11-19(10-12)26(23,24)16-9-14(4-5-15(16)25-3)20-17(21)6-7-18(20)22/h4-5,9,12-13H,6-8,10-11H2,1-3H3/t12-,13+. The Morgan fingerprint density at radius 2 is 1.62 bits per heavy atom. The summed E-state index contributed by atoms with van der Waals surface area (Å²) in [7, 11) is -2.39. The van der Waals surface area contributed by atoms with E-state index < -0.39 is 10.0 Å². The number of piperidine rings is 1. The summed E-state index contributed by atoms with van der Waals surface area (Å²) in [6, 6.07) is 4.41. The number of ether oxygens (including phenoxy) is 1. The van der Waals surface area contributed by atoms with Crippen molar-refractivity contribution >= 4 is 27.5 Å². The predicted octanol–water partition coefficient (Wildman–Crippen LogP) is 2.02. The van der Waals surface area contributed by atoms with E-state index in [0.717, 1.165) is 11.3 Å². The molecule has 0 aliphatic carbocycles. The van der Waals surface area contributed by atoms with Gasteiger partial charge in [0.2, 0.25) is 21.8 Å². The molecule has 2 amide bonds. The van der Waals surface area contributed by atoms with Gasteiger partial charge >= 0.3 is 0 Å². The second kappa shape index (κ2) is 7.00. The van der Waals surface area contributed by atoms with Gasteiger partial charge in [-0.3, -0.25) is 14.5 Å². The average molecular weight is 380 g/mol. The van der Waals surface area contributed by atoms with Gasteiger partial charge in [0, 0.05) is 25.9 Å². The zero-order valence-electron chi connectivity index (χ0n) is 15.3. The van der Waals surface area contributed by atoms with Crippen molar-refractivity contribution in [2.24, 2.45) is 11.8 Å². The number of carbonyl (C=O) groups excluding carboxylic acids is 2. The molecule has 2 atom stereocenters. The highest BCUT2D eigenvalue weighted by atomic mass is 32.2. The van der Waals surface area contributed by atoms with E-state index in [0.29, 0.717) is 13.1 Å². The van der Waals surface area contributed by atoms with Crippen LogP contribution in [-0.2, 0) is 19.6 Å². The number of hydrogen-bond acceptors (Lipinski definition) is 5. The first-order valence-electron chi connectivity index (χ1n) is 8.78. The number of anilines is 1. The molecule has 2 saturated heterocycles. The van der Waals surface area contributed by atoms with E-state index in [-0.39, 0.29) is 52.8 Å². The highest BCUT2D eigenvalue weighted by Gasteiger charge is 2.36. The first kappa shape index (κ1) is 18.8. The lowest BCUT2D eigenvalue weighted by atomic mass is 9.94. The van der Waals surface area contributed by atoms with Crippen LogP contribution in [0.15, 0.2) is 23.1 Å². The van der Waals surface area contributed by atoms with Gasteiger partial charge in [-0.15, -0.1) is 0 Å². The zero-order valence-corrected chi connectivity index (χ0v) is 16.1. The van der Waals surface area contributed by atoms with Gasteiger partial charge < -0.3 is 4.74 Å². The second-order valence-electron chi connectivity index (χ2n) is 7.23. The fourth-order valence-corrected chi connectivity index (χ4v) is 5.67. The summed E-state index contributed by atoms with van der Waals surface area (Å²) < 4.78 is 33.2.